The van der Waals surface area contributed by atoms with Gasteiger partial charge in [-0.3, -0.25) is 0 Å². The van der Waals surface area contributed by atoms with E-state index in [1.165, 1.54) is 63.4 Å². The molecule has 0 unspecified atom stereocenters. The molecule has 2 heteroatoms. The van der Waals surface area contributed by atoms with E-state index < -0.39 is 0 Å². The van der Waals surface area contributed by atoms with Gasteiger partial charge in [-0.1, -0.05) is 59.1 Å². The van der Waals surface area contributed by atoms with Crippen LogP contribution in [0.5, 0.6) is 0 Å². The van der Waals surface area contributed by atoms with Crippen LogP contribution < -0.4 is 11.5 Å². The SMILES string of the molecule is C=C(C)[C@H]1CCC[C@@]2(N)[C@@H]3CC[C@]4(C)CC[C@@H](C)CC[C@]4(C)[C@@]3(N)CC[C@]12C. The largest absolute Gasteiger partial charge is 0.324 e. The standard InChI is InChI=1S/C26H46N2/c1-18(2)20-8-7-12-25(27)21-11-14-22(4)13-9-19(3)10-15-24(22,6)26(21,28)17-16-23(20,25)5/h19-21H,1,7-17,27-28H2,2-6H3/t19-,20-,21+,22+,23-,24+,25-,26-/m1/s1. The fraction of sp³-hybridized carbons (Fsp3) is 0.923. The Morgan fingerprint density at radius 1 is 0.821 bits per heavy atom. The van der Waals surface area contributed by atoms with E-state index in [1.54, 1.807) is 0 Å². The van der Waals surface area contributed by atoms with Crippen LogP contribution in [0.4, 0.5) is 0 Å². The van der Waals surface area contributed by atoms with Crippen molar-refractivity contribution >= 4 is 0 Å². The first-order valence-electron chi connectivity index (χ1n) is 12.2. The molecule has 4 aliphatic carbocycles. The lowest BCUT2D eigenvalue weighted by atomic mass is 9.35. The molecule has 0 aromatic rings. The van der Waals surface area contributed by atoms with Gasteiger partial charge in [0.2, 0.25) is 0 Å². The van der Waals surface area contributed by atoms with Crippen molar-refractivity contribution < 1.29 is 0 Å². The molecule has 0 aliphatic heterocycles. The van der Waals surface area contributed by atoms with Gasteiger partial charge < -0.3 is 11.5 Å². The molecule has 4 N–H and O–H groups in total. The number of fused-ring (bicyclic) bond motifs is 5. The molecule has 4 rings (SSSR count). The lowest BCUT2D eigenvalue weighted by Gasteiger charge is -2.73. The highest BCUT2D eigenvalue weighted by molar-refractivity contribution is 5.28. The van der Waals surface area contributed by atoms with Gasteiger partial charge in [0.15, 0.2) is 0 Å². The minimum atomic E-state index is -0.135. The van der Waals surface area contributed by atoms with Crippen LogP contribution in [0, 0.1) is 34.0 Å². The van der Waals surface area contributed by atoms with Gasteiger partial charge in [-0.25, -0.2) is 0 Å². The normalized spacial score (nSPS) is 56.8. The van der Waals surface area contributed by atoms with Crippen molar-refractivity contribution in [2.45, 2.75) is 116 Å². The van der Waals surface area contributed by atoms with Crippen LogP contribution in [0.25, 0.3) is 0 Å². The molecule has 0 radical (unpaired) electrons. The van der Waals surface area contributed by atoms with E-state index in [9.17, 15) is 0 Å². The third-order valence-corrected chi connectivity index (χ3v) is 11.5. The summed E-state index contributed by atoms with van der Waals surface area (Å²) in [5.74, 6) is 1.85. The predicted octanol–water partition coefficient (Wildman–Crippen LogP) is 6.19. The summed E-state index contributed by atoms with van der Waals surface area (Å²) in [5.41, 5.74) is 17.0. The second-order valence-electron chi connectivity index (χ2n) is 12.5. The first-order chi connectivity index (χ1) is 12.9. The molecule has 2 nitrogen and oxygen atoms in total. The zero-order valence-electron chi connectivity index (χ0n) is 19.4. The van der Waals surface area contributed by atoms with Crippen LogP contribution in [-0.4, -0.2) is 11.1 Å². The summed E-state index contributed by atoms with van der Waals surface area (Å²) in [6, 6.07) is 0. The highest BCUT2D eigenvalue weighted by atomic mass is 15.0. The number of nitrogens with two attached hydrogens (primary N) is 2. The Morgan fingerprint density at radius 2 is 1.46 bits per heavy atom. The topological polar surface area (TPSA) is 52.0 Å². The van der Waals surface area contributed by atoms with Gasteiger partial charge in [0.25, 0.3) is 0 Å². The van der Waals surface area contributed by atoms with Crippen molar-refractivity contribution in [1.29, 1.82) is 0 Å². The monoisotopic (exact) mass is 386 g/mol. The smallest absolute Gasteiger partial charge is 0.0260 e. The van der Waals surface area contributed by atoms with Crippen molar-refractivity contribution in [1.82, 2.24) is 0 Å². The Morgan fingerprint density at radius 3 is 2.14 bits per heavy atom. The fourth-order valence-electron chi connectivity index (χ4n) is 9.05. The highest BCUT2D eigenvalue weighted by Crippen LogP contribution is 2.71. The van der Waals surface area contributed by atoms with Crippen molar-refractivity contribution in [3.8, 4) is 0 Å². The molecular formula is C26H46N2. The minimum absolute atomic E-state index is 0.116. The number of hydrogen-bond acceptors (Lipinski definition) is 2. The van der Waals surface area contributed by atoms with Crippen molar-refractivity contribution in [3.05, 3.63) is 12.2 Å². The number of hydrogen-bond donors (Lipinski definition) is 2. The Bertz CT molecular complexity index is 657. The number of rotatable bonds is 1. The molecule has 0 amide bonds. The molecule has 4 fully saturated rings. The molecule has 160 valence electrons. The zero-order valence-corrected chi connectivity index (χ0v) is 19.4. The van der Waals surface area contributed by atoms with Gasteiger partial charge in [0.05, 0.1) is 0 Å². The van der Waals surface area contributed by atoms with E-state index in [1.807, 2.05) is 0 Å². The van der Waals surface area contributed by atoms with Crippen LogP contribution in [0.3, 0.4) is 0 Å². The average molecular weight is 387 g/mol. The maximum absolute atomic E-state index is 7.62. The van der Waals surface area contributed by atoms with Gasteiger partial charge >= 0.3 is 0 Å². The van der Waals surface area contributed by atoms with Gasteiger partial charge in [-0.15, -0.1) is 0 Å². The van der Waals surface area contributed by atoms with E-state index in [0.717, 1.165) is 18.8 Å². The summed E-state index contributed by atoms with van der Waals surface area (Å²) in [6.45, 7) is 16.7. The van der Waals surface area contributed by atoms with Gasteiger partial charge in [0, 0.05) is 11.1 Å². The molecule has 0 aromatic heterocycles. The van der Waals surface area contributed by atoms with Crippen LogP contribution in [-0.2, 0) is 0 Å². The summed E-state index contributed by atoms with van der Waals surface area (Å²) >= 11 is 0. The first kappa shape index (κ1) is 20.9. The molecular weight excluding hydrogens is 340 g/mol. The first-order valence-corrected chi connectivity index (χ1v) is 12.2. The van der Waals surface area contributed by atoms with Gasteiger partial charge in [0.1, 0.15) is 0 Å². The van der Waals surface area contributed by atoms with E-state index in [4.69, 9.17) is 11.5 Å². The third-order valence-electron chi connectivity index (χ3n) is 11.5. The second kappa shape index (κ2) is 6.33. The van der Waals surface area contributed by atoms with E-state index in [2.05, 4.69) is 41.2 Å². The summed E-state index contributed by atoms with van der Waals surface area (Å²) in [7, 11) is 0. The fourth-order valence-corrected chi connectivity index (χ4v) is 9.05. The summed E-state index contributed by atoms with van der Waals surface area (Å²) in [4.78, 5) is 0. The number of allylic oxidation sites excluding steroid dienone is 1. The molecule has 0 spiro atoms. The van der Waals surface area contributed by atoms with E-state index in [-0.39, 0.29) is 21.9 Å². The van der Waals surface area contributed by atoms with Crippen molar-refractivity contribution in [3.63, 3.8) is 0 Å². The molecule has 0 aromatic carbocycles. The van der Waals surface area contributed by atoms with Gasteiger partial charge in [-0.05, 0) is 92.3 Å². The molecule has 4 saturated carbocycles. The molecule has 4 aliphatic rings. The Labute approximate surface area is 174 Å². The summed E-state index contributed by atoms with van der Waals surface area (Å²) in [5, 5.41) is 0. The summed E-state index contributed by atoms with van der Waals surface area (Å²) in [6.07, 6.45) is 13.9. The molecule has 0 bridgehead atoms. The van der Waals surface area contributed by atoms with Crippen LogP contribution in [0.1, 0.15) is 105 Å². The molecule has 0 saturated heterocycles. The van der Waals surface area contributed by atoms with E-state index in [0.29, 0.717) is 17.3 Å². The van der Waals surface area contributed by atoms with Crippen LogP contribution >= 0.6 is 0 Å². The lowest BCUT2D eigenvalue weighted by Crippen LogP contribution is -2.80. The maximum atomic E-state index is 7.62. The van der Waals surface area contributed by atoms with Gasteiger partial charge in [-0.2, -0.15) is 0 Å². The highest BCUT2D eigenvalue weighted by Gasteiger charge is 2.71. The minimum Gasteiger partial charge on any atom is -0.324 e. The van der Waals surface area contributed by atoms with Crippen LogP contribution in [0.2, 0.25) is 0 Å². The Hall–Kier alpha value is -0.340. The Balaban J connectivity index is 1.79. The third kappa shape index (κ3) is 2.40. The Kier molecular flexibility index (Phi) is 4.73. The zero-order chi connectivity index (χ0) is 20.6. The maximum Gasteiger partial charge on any atom is 0.0260 e. The van der Waals surface area contributed by atoms with E-state index >= 15 is 0 Å². The van der Waals surface area contributed by atoms with Crippen LogP contribution in [0.15, 0.2) is 12.2 Å². The molecule has 28 heavy (non-hydrogen) atoms. The molecule has 0 heterocycles. The second-order valence-corrected chi connectivity index (χ2v) is 12.5. The quantitative estimate of drug-likeness (QED) is 0.528. The lowest BCUT2D eigenvalue weighted by molar-refractivity contribution is -0.181. The average Bonchev–Trinajstić information content (AvgIpc) is 2.74. The predicted molar refractivity (Wildman–Crippen MR) is 120 cm³/mol. The molecule has 8 atom stereocenters. The summed E-state index contributed by atoms with van der Waals surface area (Å²) < 4.78 is 0. The van der Waals surface area contributed by atoms with Crippen molar-refractivity contribution in [2.24, 2.45) is 45.5 Å². The van der Waals surface area contributed by atoms with Crippen molar-refractivity contribution in [2.75, 3.05) is 0 Å².